The lowest BCUT2D eigenvalue weighted by Gasteiger charge is -2.62. The topological polar surface area (TPSA) is 35.2 Å². The van der Waals surface area contributed by atoms with Gasteiger partial charge in [-0.2, -0.15) is 0 Å². The monoisotopic (exact) mass is 235 g/mol. The molecule has 96 valence electrons. The van der Waals surface area contributed by atoms with Crippen LogP contribution < -0.4 is 5.73 Å². The molecular weight excluding hydrogens is 210 g/mol. The number of hydrogen-bond donors (Lipinski definition) is 1. The second kappa shape index (κ2) is 3.48. The van der Waals surface area contributed by atoms with E-state index in [0.29, 0.717) is 10.8 Å². The molecule has 0 spiro atoms. The van der Waals surface area contributed by atoms with Crippen molar-refractivity contribution in [1.82, 2.24) is 0 Å². The molecule has 17 heavy (non-hydrogen) atoms. The summed E-state index contributed by atoms with van der Waals surface area (Å²) in [4.78, 5) is 0. The minimum Gasteiger partial charge on any atom is -0.381 e. The van der Waals surface area contributed by atoms with Gasteiger partial charge in [0.25, 0.3) is 0 Å². The Balaban J connectivity index is 1.71. The number of hydrogen-bond acceptors (Lipinski definition) is 2. The third-order valence-corrected chi connectivity index (χ3v) is 6.66. The zero-order valence-electron chi connectivity index (χ0n) is 10.8. The minimum atomic E-state index is 0.350. The Morgan fingerprint density at radius 1 is 1.00 bits per heavy atom. The van der Waals surface area contributed by atoms with E-state index in [1.807, 2.05) is 0 Å². The first kappa shape index (κ1) is 10.8. The molecule has 0 aromatic rings. The van der Waals surface area contributed by atoms with Crippen molar-refractivity contribution < 1.29 is 4.74 Å². The smallest absolute Gasteiger partial charge is 0.0540 e. The molecule has 1 heterocycles. The molecule has 0 amide bonds. The van der Waals surface area contributed by atoms with Gasteiger partial charge in [0, 0.05) is 18.6 Å². The molecule has 5 fully saturated rings. The maximum absolute atomic E-state index is 6.21. The third-order valence-electron chi connectivity index (χ3n) is 6.66. The van der Waals surface area contributed by atoms with E-state index in [4.69, 9.17) is 10.5 Å². The van der Waals surface area contributed by atoms with Gasteiger partial charge in [0.15, 0.2) is 0 Å². The lowest BCUT2D eigenvalue weighted by atomic mass is 9.42. The molecule has 0 aromatic carbocycles. The van der Waals surface area contributed by atoms with Crippen LogP contribution in [0.25, 0.3) is 0 Å². The third kappa shape index (κ3) is 1.34. The summed E-state index contributed by atoms with van der Waals surface area (Å²) in [5.41, 5.74) is 7.14. The molecule has 2 N–H and O–H groups in total. The Morgan fingerprint density at radius 2 is 1.59 bits per heavy atom. The van der Waals surface area contributed by atoms with Crippen LogP contribution in [0.5, 0.6) is 0 Å². The Morgan fingerprint density at radius 3 is 2.00 bits per heavy atom. The summed E-state index contributed by atoms with van der Waals surface area (Å²) in [6.07, 6.45) is 10.2. The van der Waals surface area contributed by atoms with Gasteiger partial charge in [-0.15, -0.1) is 0 Å². The summed E-state index contributed by atoms with van der Waals surface area (Å²) in [5.74, 6) is 3.10. The highest BCUT2D eigenvalue weighted by Gasteiger charge is 2.60. The van der Waals surface area contributed by atoms with Crippen LogP contribution in [0.4, 0.5) is 0 Å². The van der Waals surface area contributed by atoms with E-state index >= 15 is 0 Å². The predicted molar refractivity (Wildman–Crippen MR) is 67.5 cm³/mol. The molecular formula is C15H25NO. The van der Waals surface area contributed by atoms with Gasteiger partial charge in [0.05, 0.1) is 6.61 Å². The van der Waals surface area contributed by atoms with Crippen LogP contribution in [0.15, 0.2) is 0 Å². The first-order valence-corrected chi connectivity index (χ1v) is 7.53. The molecule has 0 aromatic heterocycles. The molecule has 5 aliphatic rings. The van der Waals surface area contributed by atoms with Gasteiger partial charge in [-0.05, 0) is 68.1 Å². The highest BCUT2D eigenvalue weighted by atomic mass is 16.5. The average molecular weight is 235 g/mol. The van der Waals surface area contributed by atoms with E-state index in [9.17, 15) is 0 Å². The molecule has 4 aliphatic carbocycles. The van der Waals surface area contributed by atoms with Crippen LogP contribution in [-0.2, 0) is 4.74 Å². The molecule has 0 radical (unpaired) electrons. The van der Waals surface area contributed by atoms with Crippen molar-refractivity contribution in [3.8, 4) is 0 Å². The minimum absolute atomic E-state index is 0.350. The highest BCUT2D eigenvalue weighted by molar-refractivity contribution is 5.10. The highest BCUT2D eigenvalue weighted by Crippen LogP contribution is 2.67. The van der Waals surface area contributed by atoms with Gasteiger partial charge in [-0.3, -0.25) is 0 Å². The Kier molecular flexibility index (Phi) is 2.21. The van der Waals surface area contributed by atoms with Crippen LogP contribution in [0.1, 0.15) is 44.9 Å². The van der Waals surface area contributed by atoms with Gasteiger partial charge in [-0.1, -0.05) is 0 Å². The van der Waals surface area contributed by atoms with Gasteiger partial charge in [0.1, 0.15) is 0 Å². The van der Waals surface area contributed by atoms with E-state index in [1.165, 1.54) is 44.9 Å². The van der Waals surface area contributed by atoms with Crippen LogP contribution in [-0.4, -0.2) is 19.8 Å². The molecule has 2 nitrogen and oxygen atoms in total. The van der Waals surface area contributed by atoms with Crippen molar-refractivity contribution in [3.63, 3.8) is 0 Å². The standard InChI is InChI=1S/C15H25NO/c16-9-14(1-2-17-10-14)15-6-11-3-12(7-15)5-13(4-11)8-15/h11-13H,1-10,16H2. The fourth-order valence-electron chi connectivity index (χ4n) is 6.16. The molecule has 1 saturated heterocycles. The maximum Gasteiger partial charge on any atom is 0.0540 e. The van der Waals surface area contributed by atoms with E-state index in [2.05, 4.69) is 0 Å². The maximum atomic E-state index is 6.21. The second-order valence-corrected chi connectivity index (χ2v) is 7.48. The van der Waals surface area contributed by atoms with E-state index in [1.54, 1.807) is 0 Å². The summed E-state index contributed by atoms with van der Waals surface area (Å²) >= 11 is 0. The number of nitrogens with two attached hydrogens (primary N) is 1. The molecule has 5 rings (SSSR count). The predicted octanol–water partition coefficient (Wildman–Crippen LogP) is 2.57. The van der Waals surface area contributed by atoms with Crippen molar-refractivity contribution in [3.05, 3.63) is 0 Å². The number of ether oxygens (including phenoxy) is 1. The van der Waals surface area contributed by atoms with E-state index in [-0.39, 0.29) is 0 Å². The first-order valence-electron chi connectivity index (χ1n) is 7.53. The Labute approximate surface area is 104 Å². The summed E-state index contributed by atoms with van der Waals surface area (Å²) in [6, 6.07) is 0. The lowest BCUT2D eigenvalue weighted by Crippen LogP contribution is -2.57. The zero-order valence-corrected chi connectivity index (χ0v) is 10.8. The van der Waals surface area contributed by atoms with Gasteiger partial charge >= 0.3 is 0 Å². The van der Waals surface area contributed by atoms with Crippen LogP contribution in [0.3, 0.4) is 0 Å². The van der Waals surface area contributed by atoms with E-state index < -0.39 is 0 Å². The Bertz CT molecular complexity index is 284. The van der Waals surface area contributed by atoms with E-state index in [0.717, 1.165) is 37.5 Å². The van der Waals surface area contributed by atoms with Gasteiger partial charge < -0.3 is 10.5 Å². The van der Waals surface area contributed by atoms with Crippen molar-refractivity contribution in [2.24, 2.45) is 34.3 Å². The fraction of sp³-hybridized carbons (Fsp3) is 1.00. The summed E-state index contributed by atoms with van der Waals surface area (Å²) in [6.45, 7) is 2.77. The average Bonchev–Trinajstić information content (AvgIpc) is 2.77. The quantitative estimate of drug-likeness (QED) is 0.798. The lowest BCUT2D eigenvalue weighted by molar-refractivity contribution is -0.129. The van der Waals surface area contributed by atoms with Crippen LogP contribution in [0.2, 0.25) is 0 Å². The van der Waals surface area contributed by atoms with Crippen molar-refractivity contribution in [1.29, 1.82) is 0 Å². The molecule has 2 heteroatoms. The summed E-state index contributed by atoms with van der Waals surface area (Å²) in [5, 5.41) is 0. The van der Waals surface area contributed by atoms with Crippen molar-refractivity contribution in [2.45, 2.75) is 44.9 Å². The molecule has 1 atom stereocenters. The van der Waals surface area contributed by atoms with Gasteiger partial charge in [-0.25, -0.2) is 0 Å². The Hall–Kier alpha value is -0.0800. The second-order valence-electron chi connectivity index (χ2n) is 7.48. The van der Waals surface area contributed by atoms with Crippen molar-refractivity contribution >= 4 is 0 Å². The summed E-state index contributed by atoms with van der Waals surface area (Å²) in [7, 11) is 0. The normalized spacial score (nSPS) is 56.6. The van der Waals surface area contributed by atoms with Crippen molar-refractivity contribution in [2.75, 3.05) is 19.8 Å². The summed E-state index contributed by atoms with van der Waals surface area (Å²) < 4.78 is 5.76. The molecule has 4 bridgehead atoms. The molecule has 1 aliphatic heterocycles. The van der Waals surface area contributed by atoms with Crippen LogP contribution in [0, 0.1) is 28.6 Å². The molecule has 1 unspecified atom stereocenters. The largest absolute Gasteiger partial charge is 0.381 e. The first-order chi connectivity index (χ1) is 8.25. The fourth-order valence-corrected chi connectivity index (χ4v) is 6.16. The van der Waals surface area contributed by atoms with Gasteiger partial charge in [0.2, 0.25) is 0 Å². The number of rotatable bonds is 2. The SMILES string of the molecule is NCC1(C23CC4CC(CC(C4)C2)C3)CCOC1. The molecule has 4 saturated carbocycles. The van der Waals surface area contributed by atoms with Crippen LogP contribution >= 0.6 is 0 Å². The zero-order chi connectivity index (χ0) is 11.5.